The first-order valence-electron chi connectivity index (χ1n) is 7.37. The predicted octanol–water partition coefficient (Wildman–Crippen LogP) is -0.213. The van der Waals surface area contributed by atoms with Crippen LogP contribution in [0.25, 0.3) is 0 Å². The summed E-state index contributed by atoms with van der Waals surface area (Å²) in [7, 11) is 0.722. The van der Waals surface area contributed by atoms with Crippen LogP contribution in [0.3, 0.4) is 0 Å². The van der Waals surface area contributed by atoms with Crippen LogP contribution in [0.1, 0.15) is 10.4 Å². The molecule has 2 aromatic rings. The first kappa shape index (κ1) is 19.4. The lowest BCUT2D eigenvalue weighted by Gasteiger charge is -2.16. The Balaban J connectivity index is 2.01. The third-order valence-electron chi connectivity index (χ3n) is 3.41. The molecule has 0 spiro atoms. The summed E-state index contributed by atoms with van der Waals surface area (Å²) in [5.41, 5.74) is 0.616. The highest BCUT2D eigenvalue weighted by molar-refractivity contribution is 7.89. The molecule has 0 aliphatic carbocycles. The molecule has 2 amide bonds. The van der Waals surface area contributed by atoms with E-state index in [9.17, 15) is 18.0 Å². The molecular weight excluding hydrogens is 362 g/mol. The van der Waals surface area contributed by atoms with Gasteiger partial charge in [0, 0.05) is 26.0 Å². The number of benzene rings is 1. The Hall–Kier alpha value is -2.92. The van der Waals surface area contributed by atoms with Gasteiger partial charge in [-0.05, 0) is 24.3 Å². The zero-order chi connectivity index (χ0) is 19.5. The van der Waals surface area contributed by atoms with Crippen LogP contribution in [-0.2, 0) is 21.9 Å². The maximum Gasteiger partial charge on any atom is 0.261 e. The normalized spacial score (nSPS) is 11.1. The van der Waals surface area contributed by atoms with Crippen LogP contribution < -0.4 is 15.2 Å². The lowest BCUT2D eigenvalue weighted by Crippen LogP contribution is -2.35. The first-order valence-corrected chi connectivity index (χ1v) is 8.92. The van der Waals surface area contributed by atoms with Crippen molar-refractivity contribution in [1.82, 2.24) is 14.7 Å². The van der Waals surface area contributed by atoms with Crippen LogP contribution >= 0.6 is 0 Å². The van der Waals surface area contributed by atoms with Gasteiger partial charge in [0.1, 0.15) is 5.56 Å². The average molecular weight is 381 g/mol. The molecule has 0 saturated carbocycles. The summed E-state index contributed by atoms with van der Waals surface area (Å²) in [6, 6.07) is 5.37. The van der Waals surface area contributed by atoms with Gasteiger partial charge in [0.2, 0.25) is 21.8 Å². The van der Waals surface area contributed by atoms with Gasteiger partial charge in [0.05, 0.1) is 18.6 Å². The molecule has 0 bridgehead atoms. The number of hydrogen-bond acceptors (Lipinski definition) is 6. The Morgan fingerprint density at radius 3 is 2.46 bits per heavy atom. The number of anilines is 1. The van der Waals surface area contributed by atoms with Crippen molar-refractivity contribution < 1.29 is 22.7 Å². The number of amides is 2. The SMILES string of the molecule is COc1nn(C)cc1C(=O)N(C)CC(=O)Nc1ccc(S(N)(=O)=O)cc1. The minimum atomic E-state index is -3.80. The van der Waals surface area contributed by atoms with Crippen molar-refractivity contribution in [3.05, 3.63) is 36.0 Å². The van der Waals surface area contributed by atoms with Crippen molar-refractivity contribution in [1.29, 1.82) is 0 Å². The fourth-order valence-electron chi connectivity index (χ4n) is 2.19. The minimum absolute atomic E-state index is 0.0635. The fraction of sp³-hybridized carbons (Fsp3) is 0.267. The standard InChI is InChI=1S/C15H19N5O5S/c1-19(15(22)12-8-20(2)18-14(12)25-3)9-13(21)17-10-4-6-11(7-5-10)26(16,23)24/h4-8H,9H2,1-3H3,(H,17,21)(H2,16,23,24). The summed E-state index contributed by atoms with van der Waals surface area (Å²) in [6.45, 7) is -0.214. The molecule has 0 aliphatic heterocycles. The van der Waals surface area contributed by atoms with E-state index >= 15 is 0 Å². The highest BCUT2D eigenvalue weighted by Crippen LogP contribution is 2.17. The van der Waals surface area contributed by atoms with E-state index in [1.807, 2.05) is 0 Å². The number of aryl methyl sites for hydroxylation is 1. The lowest BCUT2D eigenvalue weighted by molar-refractivity contribution is -0.116. The smallest absolute Gasteiger partial charge is 0.261 e. The lowest BCUT2D eigenvalue weighted by atomic mass is 10.3. The monoisotopic (exact) mass is 381 g/mol. The van der Waals surface area contributed by atoms with Gasteiger partial charge in [0.25, 0.3) is 5.91 Å². The van der Waals surface area contributed by atoms with Crippen molar-refractivity contribution in [3.63, 3.8) is 0 Å². The number of methoxy groups -OCH3 is 1. The van der Waals surface area contributed by atoms with Crippen molar-refractivity contribution in [3.8, 4) is 5.88 Å². The molecule has 11 heteroatoms. The topological polar surface area (TPSA) is 137 Å². The maximum atomic E-state index is 12.4. The van der Waals surface area contributed by atoms with E-state index < -0.39 is 21.8 Å². The molecule has 0 unspecified atom stereocenters. The molecule has 0 radical (unpaired) electrons. The van der Waals surface area contributed by atoms with Crippen molar-refractivity contribution >= 4 is 27.5 Å². The van der Waals surface area contributed by atoms with Crippen LogP contribution in [-0.4, -0.2) is 55.6 Å². The highest BCUT2D eigenvalue weighted by atomic mass is 32.2. The van der Waals surface area contributed by atoms with Crippen LogP contribution in [0.4, 0.5) is 5.69 Å². The fourth-order valence-corrected chi connectivity index (χ4v) is 2.70. The number of rotatable bonds is 6. The number of nitrogens with one attached hydrogen (secondary N) is 1. The Kier molecular flexibility index (Phi) is 5.63. The molecule has 140 valence electrons. The highest BCUT2D eigenvalue weighted by Gasteiger charge is 2.21. The number of nitrogens with two attached hydrogens (primary N) is 1. The van der Waals surface area contributed by atoms with Gasteiger partial charge in [-0.25, -0.2) is 13.6 Å². The van der Waals surface area contributed by atoms with Crippen LogP contribution in [0.15, 0.2) is 35.4 Å². The van der Waals surface area contributed by atoms with Gasteiger partial charge in [-0.3, -0.25) is 14.3 Å². The number of ether oxygens (including phenoxy) is 1. The third kappa shape index (κ3) is 4.58. The molecule has 26 heavy (non-hydrogen) atoms. The largest absolute Gasteiger partial charge is 0.479 e. The second kappa shape index (κ2) is 7.54. The Morgan fingerprint density at radius 1 is 1.31 bits per heavy atom. The first-order chi connectivity index (χ1) is 12.1. The number of sulfonamides is 1. The van der Waals surface area contributed by atoms with Gasteiger partial charge in [-0.1, -0.05) is 0 Å². The summed E-state index contributed by atoms with van der Waals surface area (Å²) in [5, 5.41) is 11.6. The number of carbonyl (C=O) groups excluding carboxylic acids is 2. The zero-order valence-corrected chi connectivity index (χ0v) is 15.3. The number of aromatic nitrogens is 2. The second-order valence-electron chi connectivity index (χ2n) is 5.50. The van der Waals surface area contributed by atoms with Crippen molar-refractivity contribution in [2.24, 2.45) is 12.2 Å². The molecular formula is C15H19N5O5S. The van der Waals surface area contributed by atoms with E-state index in [1.165, 1.54) is 54.2 Å². The number of nitrogens with zero attached hydrogens (tertiary/aromatic N) is 3. The molecule has 10 nitrogen and oxygen atoms in total. The number of hydrogen-bond donors (Lipinski definition) is 2. The molecule has 1 heterocycles. The molecule has 0 fully saturated rings. The van der Waals surface area contributed by atoms with Gasteiger partial charge in [0.15, 0.2) is 0 Å². The Bertz CT molecular complexity index is 920. The van der Waals surface area contributed by atoms with Crippen LogP contribution in [0, 0.1) is 0 Å². The number of primary sulfonamides is 1. The van der Waals surface area contributed by atoms with E-state index in [2.05, 4.69) is 10.4 Å². The summed E-state index contributed by atoms with van der Waals surface area (Å²) < 4.78 is 28.9. The van der Waals surface area contributed by atoms with E-state index in [0.717, 1.165) is 0 Å². The minimum Gasteiger partial charge on any atom is -0.479 e. The van der Waals surface area contributed by atoms with E-state index in [4.69, 9.17) is 9.88 Å². The van der Waals surface area contributed by atoms with Crippen LogP contribution in [0.5, 0.6) is 5.88 Å². The average Bonchev–Trinajstić information content (AvgIpc) is 2.94. The molecule has 1 aromatic heterocycles. The molecule has 0 aliphatic rings. The molecule has 0 saturated heterocycles. The van der Waals surface area contributed by atoms with Crippen molar-refractivity contribution in [2.45, 2.75) is 4.90 Å². The second-order valence-corrected chi connectivity index (χ2v) is 7.07. The molecule has 2 rings (SSSR count). The van der Waals surface area contributed by atoms with E-state index in [1.54, 1.807) is 7.05 Å². The van der Waals surface area contributed by atoms with Gasteiger partial charge < -0.3 is 15.0 Å². The van der Waals surface area contributed by atoms with Gasteiger partial charge in [-0.15, -0.1) is 5.10 Å². The van der Waals surface area contributed by atoms with Gasteiger partial charge >= 0.3 is 0 Å². The number of likely N-dealkylation sites (N-methyl/N-ethyl adjacent to an activating group) is 1. The van der Waals surface area contributed by atoms with Crippen LogP contribution in [0.2, 0.25) is 0 Å². The van der Waals surface area contributed by atoms with Crippen molar-refractivity contribution in [2.75, 3.05) is 26.0 Å². The summed E-state index contributed by atoms with van der Waals surface area (Å²) in [5.74, 6) is -0.704. The predicted molar refractivity (Wildman–Crippen MR) is 93.2 cm³/mol. The summed E-state index contributed by atoms with van der Waals surface area (Å²) in [4.78, 5) is 25.7. The Morgan fingerprint density at radius 2 is 1.92 bits per heavy atom. The Labute approximate surface area is 150 Å². The summed E-state index contributed by atoms with van der Waals surface area (Å²) >= 11 is 0. The zero-order valence-electron chi connectivity index (χ0n) is 14.5. The number of carbonyl (C=O) groups is 2. The quantitative estimate of drug-likeness (QED) is 0.710. The van der Waals surface area contributed by atoms with E-state index in [0.29, 0.717) is 5.69 Å². The third-order valence-corrected chi connectivity index (χ3v) is 4.34. The molecule has 0 atom stereocenters. The summed E-state index contributed by atoms with van der Waals surface area (Å²) in [6.07, 6.45) is 1.50. The molecule has 1 aromatic carbocycles. The van der Waals surface area contributed by atoms with E-state index in [-0.39, 0.29) is 22.9 Å². The van der Waals surface area contributed by atoms with Gasteiger partial charge in [-0.2, -0.15) is 0 Å². The molecule has 3 N–H and O–H groups in total. The maximum absolute atomic E-state index is 12.4.